The summed E-state index contributed by atoms with van der Waals surface area (Å²) in [6.07, 6.45) is 13.4. The molecule has 0 aromatic heterocycles. The van der Waals surface area contributed by atoms with Gasteiger partial charge in [0.15, 0.2) is 0 Å². The molecule has 4 bridgehead atoms. The molecule has 3 nitrogen and oxygen atoms in total. The van der Waals surface area contributed by atoms with Crippen LogP contribution in [0.15, 0.2) is 0 Å². The van der Waals surface area contributed by atoms with Crippen LogP contribution in [0.2, 0.25) is 0 Å². The summed E-state index contributed by atoms with van der Waals surface area (Å²) in [4.78, 5) is 12.3. The molecule has 5 saturated carbocycles. The van der Waals surface area contributed by atoms with Crippen LogP contribution < -0.4 is 10.6 Å². The van der Waals surface area contributed by atoms with Gasteiger partial charge in [-0.25, -0.2) is 4.79 Å². The maximum absolute atomic E-state index is 12.3. The highest BCUT2D eigenvalue weighted by Crippen LogP contribution is 2.61. The number of amides is 2. The monoisotopic (exact) mass is 290 g/mol. The molecule has 3 heteroatoms. The fraction of sp³-hybridized carbons (Fsp3) is 0.944. The summed E-state index contributed by atoms with van der Waals surface area (Å²) in [5.41, 5.74) is 0.418. The van der Waals surface area contributed by atoms with Crippen molar-refractivity contribution in [3.8, 4) is 0 Å². The van der Waals surface area contributed by atoms with Crippen molar-refractivity contribution in [2.24, 2.45) is 23.2 Å². The quantitative estimate of drug-likeness (QED) is 0.815. The molecule has 21 heavy (non-hydrogen) atoms. The van der Waals surface area contributed by atoms with Gasteiger partial charge in [-0.2, -0.15) is 0 Å². The molecule has 0 aliphatic heterocycles. The van der Waals surface area contributed by atoms with E-state index in [0.29, 0.717) is 17.5 Å². The molecule has 1 unspecified atom stereocenters. The molecule has 0 aromatic carbocycles. The van der Waals surface area contributed by atoms with E-state index in [0.717, 1.165) is 17.8 Å². The number of nitrogens with one attached hydrogen (secondary N) is 2. The Labute approximate surface area is 128 Å². The Morgan fingerprint density at radius 2 is 1.52 bits per heavy atom. The van der Waals surface area contributed by atoms with E-state index >= 15 is 0 Å². The summed E-state index contributed by atoms with van der Waals surface area (Å²) < 4.78 is 0. The van der Waals surface area contributed by atoms with Crippen molar-refractivity contribution in [3.05, 3.63) is 0 Å². The minimum Gasteiger partial charge on any atom is -0.335 e. The van der Waals surface area contributed by atoms with Gasteiger partial charge in [-0.1, -0.05) is 12.8 Å². The van der Waals surface area contributed by atoms with E-state index < -0.39 is 0 Å². The summed E-state index contributed by atoms with van der Waals surface area (Å²) in [6, 6.07) is 0.853. The Morgan fingerprint density at radius 1 is 1.00 bits per heavy atom. The van der Waals surface area contributed by atoms with Crippen LogP contribution in [0.4, 0.5) is 4.79 Å². The average Bonchev–Trinajstić information content (AvgIpc) is 2.89. The van der Waals surface area contributed by atoms with Gasteiger partial charge in [0.2, 0.25) is 0 Å². The van der Waals surface area contributed by atoms with Gasteiger partial charge in [-0.3, -0.25) is 0 Å². The Balaban J connectivity index is 1.38. The van der Waals surface area contributed by atoms with E-state index in [9.17, 15) is 4.79 Å². The molecule has 5 aliphatic rings. The average molecular weight is 290 g/mol. The molecule has 2 N–H and O–H groups in total. The third-order valence-electron chi connectivity index (χ3n) is 7.04. The van der Waals surface area contributed by atoms with Gasteiger partial charge in [-0.05, 0) is 81.5 Å². The van der Waals surface area contributed by atoms with Gasteiger partial charge >= 0.3 is 6.03 Å². The largest absolute Gasteiger partial charge is 0.335 e. The lowest BCUT2D eigenvalue weighted by molar-refractivity contribution is -0.0682. The Kier molecular flexibility index (Phi) is 3.42. The van der Waals surface area contributed by atoms with E-state index in [2.05, 4.69) is 17.6 Å². The van der Waals surface area contributed by atoms with E-state index in [4.69, 9.17) is 0 Å². The van der Waals surface area contributed by atoms with Crippen molar-refractivity contribution in [1.29, 1.82) is 0 Å². The molecule has 5 rings (SSSR count). The van der Waals surface area contributed by atoms with Crippen molar-refractivity contribution in [2.45, 2.75) is 83.2 Å². The molecule has 2 amide bonds. The van der Waals surface area contributed by atoms with Gasteiger partial charge in [-0.15, -0.1) is 0 Å². The van der Waals surface area contributed by atoms with E-state index in [1.165, 1.54) is 64.2 Å². The molecular formula is C18H30N2O. The molecule has 118 valence electrons. The summed E-state index contributed by atoms with van der Waals surface area (Å²) in [5.74, 6) is 2.87. The predicted molar refractivity (Wildman–Crippen MR) is 84.0 cm³/mol. The summed E-state index contributed by atoms with van der Waals surface area (Å²) in [5, 5.41) is 6.51. The Bertz CT molecular complexity index is 378. The zero-order chi connectivity index (χ0) is 14.4. The summed E-state index contributed by atoms with van der Waals surface area (Å²) in [6.45, 7) is 2.27. The fourth-order valence-corrected chi connectivity index (χ4v) is 6.35. The second kappa shape index (κ2) is 5.17. The third-order valence-corrected chi connectivity index (χ3v) is 7.04. The molecule has 0 heterocycles. The molecular weight excluding hydrogens is 260 g/mol. The molecule has 1 atom stereocenters. The first-order valence-electron chi connectivity index (χ1n) is 9.20. The maximum Gasteiger partial charge on any atom is 0.315 e. The summed E-state index contributed by atoms with van der Waals surface area (Å²) >= 11 is 0. The highest BCUT2D eigenvalue weighted by molar-refractivity contribution is 5.74. The van der Waals surface area contributed by atoms with Gasteiger partial charge in [0.05, 0.1) is 0 Å². The van der Waals surface area contributed by atoms with E-state index in [1.807, 2.05) is 0 Å². The van der Waals surface area contributed by atoms with Crippen molar-refractivity contribution < 1.29 is 4.79 Å². The van der Waals surface area contributed by atoms with Gasteiger partial charge in [0, 0.05) is 12.1 Å². The number of urea groups is 1. The van der Waals surface area contributed by atoms with Crippen LogP contribution in [-0.4, -0.2) is 18.1 Å². The summed E-state index contributed by atoms with van der Waals surface area (Å²) in [7, 11) is 0. The molecule has 0 saturated heterocycles. The minimum absolute atomic E-state index is 0.0881. The lowest BCUT2D eigenvalue weighted by Crippen LogP contribution is -2.57. The standard InChI is InChI=1S/C18H30N2O/c1-12(19-17(21)20-16-4-2-3-5-16)18-9-13-6-14(10-18)8-15(7-13)11-18/h12-16H,2-11H2,1H3,(H2,19,20,21). The maximum atomic E-state index is 12.3. The molecule has 0 spiro atoms. The molecule has 5 aliphatic carbocycles. The first-order chi connectivity index (χ1) is 10.1. The smallest absolute Gasteiger partial charge is 0.315 e. The number of rotatable bonds is 3. The SMILES string of the molecule is CC(NC(=O)NC1CCCC1)C12CC3CC(CC(C3)C1)C2. The Morgan fingerprint density at radius 3 is 2.05 bits per heavy atom. The van der Waals surface area contributed by atoms with Crippen LogP contribution in [0.5, 0.6) is 0 Å². The van der Waals surface area contributed by atoms with Gasteiger partial charge in [0.25, 0.3) is 0 Å². The van der Waals surface area contributed by atoms with E-state index in [-0.39, 0.29) is 6.03 Å². The van der Waals surface area contributed by atoms with Crippen molar-refractivity contribution in [1.82, 2.24) is 10.6 Å². The number of carbonyl (C=O) groups is 1. The fourth-order valence-electron chi connectivity index (χ4n) is 6.35. The Hall–Kier alpha value is -0.730. The van der Waals surface area contributed by atoms with Crippen LogP contribution in [0, 0.1) is 23.2 Å². The first kappa shape index (κ1) is 13.9. The number of hydrogen-bond donors (Lipinski definition) is 2. The van der Waals surface area contributed by atoms with Crippen molar-refractivity contribution in [3.63, 3.8) is 0 Å². The highest BCUT2D eigenvalue weighted by atomic mass is 16.2. The first-order valence-corrected chi connectivity index (χ1v) is 9.20. The zero-order valence-corrected chi connectivity index (χ0v) is 13.4. The predicted octanol–water partition coefficient (Wildman–Crippen LogP) is 3.83. The van der Waals surface area contributed by atoms with Crippen molar-refractivity contribution >= 4 is 6.03 Å². The third kappa shape index (κ3) is 2.57. The second-order valence-corrected chi connectivity index (χ2v) is 8.60. The van der Waals surface area contributed by atoms with Crippen molar-refractivity contribution in [2.75, 3.05) is 0 Å². The van der Waals surface area contributed by atoms with Crippen LogP contribution in [0.25, 0.3) is 0 Å². The lowest BCUT2D eigenvalue weighted by atomic mass is 9.48. The minimum atomic E-state index is 0.0881. The second-order valence-electron chi connectivity index (χ2n) is 8.60. The van der Waals surface area contributed by atoms with Crippen LogP contribution in [0.3, 0.4) is 0 Å². The molecule has 0 aromatic rings. The highest BCUT2D eigenvalue weighted by Gasteiger charge is 2.53. The van der Waals surface area contributed by atoms with Gasteiger partial charge in [0.1, 0.15) is 0 Å². The lowest BCUT2D eigenvalue weighted by Gasteiger charge is -2.59. The normalized spacial score (nSPS) is 43.0. The molecule has 0 radical (unpaired) electrons. The number of carbonyl (C=O) groups excluding carboxylic acids is 1. The van der Waals surface area contributed by atoms with Crippen LogP contribution in [0.1, 0.15) is 71.1 Å². The van der Waals surface area contributed by atoms with Crippen LogP contribution >= 0.6 is 0 Å². The van der Waals surface area contributed by atoms with Gasteiger partial charge < -0.3 is 10.6 Å². The van der Waals surface area contributed by atoms with Crippen LogP contribution in [-0.2, 0) is 0 Å². The molecule has 5 fully saturated rings. The topological polar surface area (TPSA) is 41.1 Å². The zero-order valence-electron chi connectivity index (χ0n) is 13.4. The van der Waals surface area contributed by atoms with E-state index in [1.54, 1.807) is 0 Å². The number of hydrogen-bond acceptors (Lipinski definition) is 1.